The third kappa shape index (κ3) is 3.38. The van der Waals surface area contributed by atoms with Crippen molar-refractivity contribution in [3.05, 3.63) is 33.1 Å². The molecule has 1 saturated carbocycles. The van der Waals surface area contributed by atoms with E-state index >= 15 is 0 Å². The molecule has 1 aromatic heterocycles. The predicted molar refractivity (Wildman–Crippen MR) is 96.8 cm³/mol. The molecule has 1 N–H and O–H groups in total. The Morgan fingerprint density at radius 3 is 2.83 bits per heavy atom. The first-order chi connectivity index (χ1) is 11.0. The van der Waals surface area contributed by atoms with Crippen LogP contribution in [0.4, 0.5) is 0 Å². The lowest BCUT2D eigenvalue weighted by atomic mass is 9.76. The third-order valence-electron chi connectivity index (χ3n) is 4.72. The smallest absolute Gasteiger partial charge is 0.156 e. The number of aliphatic imine (C=N–C) groups is 1. The number of nitrogens with zero attached hydrogens (tertiary/aromatic N) is 1. The lowest BCUT2D eigenvalue weighted by molar-refractivity contribution is -0.143. The van der Waals surface area contributed by atoms with E-state index in [4.69, 9.17) is 27.9 Å². The maximum absolute atomic E-state index is 10.5. The number of aliphatic hydroxyl groups excluding tert-OH is 1. The Morgan fingerprint density at radius 1 is 1.48 bits per heavy atom. The number of thiophene rings is 1. The van der Waals surface area contributed by atoms with Gasteiger partial charge < -0.3 is 9.84 Å². The number of allylic oxidation sites excluding steroid dienone is 1. The molecule has 3 nitrogen and oxygen atoms in total. The number of ether oxygens (including phenoxy) is 1. The number of aryl methyl sites for hydroxylation is 1. The van der Waals surface area contributed by atoms with Crippen LogP contribution in [0.3, 0.4) is 0 Å². The van der Waals surface area contributed by atoms with Crippen LogP contribution in [0.5, 0.6) is 0 Å². The van der Waals surface area contributed by atoms with Crippen molar-refractivity contribution in [3.8, 4) is 0 Å². The first-order valence-electron chi connectivity index (χ1n) is 7.95. The highest BCUT2D eigenvalue weighted by Crippen LogP contribution is 2.48. The van der Waals surface area contributed by atoms with Crippen molar-refractivity contribution in [2.75, 3.05) is 0 Å². The zero-order valence-electron chi connectivity index (χ0n) is 13.0. The monoisotopic (exact) mass is 373 g/mol. The van der Waals surface area contributed by atoms with Crippen LogP contribution in [-0.2, 0) is 10.2 Å². The Kier molecular flexibility index (Phi) is 5.49. The molecule has 1 aromatic rings. The summed E-state index contributed by atoms with van der Waals surface area (Å²) < 4.78 is 5.84. The van der Waals surface area contributed by atoms with E-state index in [1.165, 1.54) is 0 Å². The zero-order chi connectivity index (χ0) is 16.4. The molecule has 3 atom stereocenters. The highest BCUT2D eigenvalue weighted by atomic mass is 35.5. The molecule has 6 heteroatoms. The lowest BCUT2D eigenvalue weighted by Gasteiger charge is -2.39. The van der Waals surface area contributed by atoms with E-state index in [0.29, 0.717) is 11.5 Å². The number of hydrogen-bond acceptors (Lipinski definition) is 4. The molecule has 0 saturated heterocycles. The first-order valence-corrected chi connectivity index (χ1v) is 9.65. The van der Waals surface area contributed by atoms with Gasteiger partial charge in [-0.1, -0.05) is 24.4 Å². The number of alkyl halides is 1. The van der Waals surface area contributed by atoms with Crippen molar-refractivity contribution in [2.24, 2.45) is 4.99 Å². The summed E-state index contributed by atoms with van der Waals surface area (Å²) in [5.41, 5.74) is 0.441. The summed E-state index contributed by atoms with van der Waals surface area (Å²) in [5, 5.41) is 12.7. The Morgan fingerprint density at radius 2 is 2.22 bits per heavy atom. The van der Waals surface area contributed by atoms with Gasteiger partial charge in [-0.3, -0.25) is 4.99 Å². The van der Waals surface area contributed by atoms with E-state index < -0.39 is 17.1 Å². The molecular formula is C17H21Cl2NO2S. The van der Waals surface area contributed by atoms with E-state index in [1.54, 1.807) is 23.8 Å². The van der Waals surface area contributed by atoms with Gasteiger partial charge in [-0.15, -0.1) is 22.9 Å². The van der Waals surface area contributed by atoms with Gasteiger partial charge in [0.05, 0.1) is 16.9 Å². The van der Waals surface area contributed by atoms with Crippen LogP contribution in [-0.4, -0.2) is 29.1 Å². The summed E-state index contributed by atoms with van der Waals surface area (Å²) >= 11 is 14.8. The highest BCUT2D eigenvalue weighted by Gasteiger charge is 2.47. The summed E-state index contributed by atoms with van der Waals surface area (Å²) in [6.07, 6.45) is 7.25. The van der Waals surface area contributed by atoms with Crippen molar-refractivity contribution in [3.63, 3.8) is 0 Å². The van der Waals surface area contributed by atoms with Crippen LogP contribution < -0.4 is 0 Å². The normalized spacial score (nSPS) is 29.7. The second-order valence-electron chi connectivity index (χ2n) is 6.28. The van der Waals surface area contributed by atoms with Crippen molar-refractivity contribution in [1.82, 2.24) is 0 Å². The van der Waals surface area contributed by atoms with Crippen LogP contribution in [0.25, 0.3) is 0 Å². The lowest BCUT2D eigenvalue weighted by Crippen LogP contribution is -2.43. The minimum absolute atomic E-state index is 0.139. The maximum atomic E-state index is 10.5. The van der Waals surface area contributed by atoms with Gasteiger partial charge in [0.1, 0.15) is 0 Å². The van der Waals surface area contributed by atoms with Crippen molar-refractivity contribution in [2.45, 2.75) is 62.2 Å². The van der Waals surface area contributed by atoms with E-state index in [9.17, 15) is 5.11 Å². The Balaban J connectivity index is 1.88. The standard InChI is InChI=1S/C17H21Cl2NO2S/c1-11-6-7-23-16(11)17(13(18)9-20-10-14(17)19)8-15(21)22-12-4-2-3-5-12/h6-7,9-10,12-13,15,21H,2-5,8H2,1H3. The molecule has 0 radical (unpaired) electrons. The molecule has 23 heavy (non-hydrogen) atoms. The summed E-state index contributed by atoms with van der Waals surface area (Å²) in [7, 11) is 0. The molecular weight excluding hydrogens is 353 g/mol. The molecule has 1 aliphatic carbocycles. The molecule has 1 aliphatic heterocycles. The highest BCUT2D eigenvalue weighted by molar-refractivity contribution is 7.10. The quantitative estimate of drug-likeness (QED) is 0.598. The minimum atomic E-state index is -0.894. The van der Waals surface area contributed by atoms with Crippen LogP contribution in [0.1, 0.15) is 42.5 Å². The predicted octanol–water partition coefficient (Wildman–Crippen LogP) is 4.73. The Bertz CT molecular complexity index is 609. The average molecular weight is 374 g/mol. The van der Waals surface area contributed by atoms with Gasteiger partial charge in [-0.05, 0) is 36.8 Å². The second kappa shape index (κ2) is 7.24. The van der Waals surface area contributed by atoms with Gasteiger partial charge in [-0.25, -0.2) is 0 Å². The summed E-state index contributed by atoms with van der Waals surface area (Å²) in [5.74, 6) is 0. The zero-order valence-corrected chi connectivity index (χ0v) is 15.4. The fourth-order valence-corrected chi connectivity index (χ4v) is 5.59. The molecule has 2 aliphatic rings. The van der Waals surface area contributed by atoms with Crippen molar-refractivity contribution >= 4 is 40.8 Å². The third-order valence-corrected chi connectivity index (χ3v) is 6.83. The summed E-state index contributed by atoms with van der Waals surface area (Å²) in [4.78, 5) is 5.18. The second-order valence-corrected chi connectivity index (χ2v) is 8.08. The van der Waals surface area contributed by atoms with Crippen molar-refractivity contribution < 1.29 is 9.84 Å². The van der Waals surface area contributed by atoms with E-state index in [2.05, 4.69) is 4.99 Å². The van der Waals surface area contributed by atoms with Gasteiger partial charge >= 0.3 is 0 Å². The largest absolute Gasteiger partial charge is 0.368 e. The number of rotatable bonds is 5. The van der Waals surface area contributed by atoms with Gasteiger partial charge in [0.2, 0.25) is 0 Å². The fraction of sp³-hybridized carbons (Fsp3) is 0.588. The molecule has 3 rings (SSSR count). The average Bonchev–Trinajstić information content (AvgIpc) is 3.15. The summed E-state index contributed by atoms with van der Waals surface area (Å²) in [6.45, 7) is 2.04. The van der Waals surface area contributed by atoms with Gasteiger partial charge in [0.25, 0.3) is 0 Å². The van der Waals surface area contributed by atoms with Gasteiger partial charge in [-0.2, -0.15) is 0 Å². The Hall–Kier alpha value is -0.390. The number of aliphatic hydroxyl groups is 1. The molecule has 1 fully saturated rings. The molecule has 2 heterocycles. The van der Waals surface area contributed by atoms with E-state index in [1.807, 2.05) is 18.4 Å². The topological polar surface area (TPSA) is 41.8 Å². The molecule has 126 valence electrons. The van der Waals surface area contributed by atoms with E-state index in [0.717, 1.165) is 36.1 Å². The van der Waals surface area contributed by atoms with Crippen LogP contribution in [0.2, 0.25) is 0 Å². The molecule has 0 spiro atoms. The SMILES string of the molecule is Cc1ccsc1C1(CC(O)OC2CCCC2)C(Cl)=CN=CC1Cl. The van der Waals surface area contributed by atoms with Crippen LogP contribution in [0.15, 0.2) is 27.7 Å². The number of halogens is 2. The van der Waals surface area contributed by atoms with E-state index in [-0.39, 0.29) is 6.10 Å². The number of hydrogen-bond donors (Lipinski definition) is 1. The summed E-state index contributed by atoms with van der Waals surface area (Å²) in [6, 6.07) is 2.05. The molecule has 3 unspecified atom stereocenters. The van der Waals surface area contributed by atoms with Crippen LogP contribution >= 0.6 is 34.5 Å². The fourth-order valence-electron chi connectivity index (χ4n) is 3.49. The molecule has 0 bridgehead atoms. The van der Waals surface area contributed by atoms with Crippen molar-refractivity contribution in [1.29, 1.82) is 0 Å². The van der Waals surface area contributed by atoms with Gasteiger partial charge in [0.15, 0.2) is 6.29 Å². The first kappa shape index (κ1) is 17.4. The Labute approximate surface area is 151 Å². The maximum Gasteiger partial charge on any atom is 0.156 e. The van der Waals surface area contributed by atoms with Crippen LogP contribution in [0, 0.1) is 6.92 Å². The molecule has 0 aromatic carbocycles. The van der Waals surface area contributed by atoms with Gasteiger partial charge in [0, 0.05) is 28.7 Å². The minimum Gasteiger partial charge on any atom is -0.368 e. The molecule has 0 amide bonds.